The van der Waals surface area contributed by atoms with E-state index in [1.165, 1.54) is 12.1 Å². The number of hydrazine groups is 1. The Bertz CT molecular complexity index is 1450. The number of amides is 3. The summed E-state index contributed by atoms with van der Waals surface area (Å²) in [5.74, 6) is -1.26. The van der Waals surface area contributed by atoms with Gasteiger partial charge in [0.15, 0.2) is 5.76 Å². The lowest BCUT2D eigenvalue weighted by Gasteiger charge is -2.13. The van der Waals surface area contributed by atoms with Gasteiger partial charge in [0.1, 0.15) is 10.8 Å². The molecule has 37 heavy (non-hydrogen) atoms. The highest BCUT2D eigenvalue weighted by Gasteiger charge is 2.28. The first-order valence-electron chi connectivity index (χ1n) is 11.0. The largest absolute Gasteiger partial charge is 0.455 e. The number of hydrogen-bond donors (Lipinski definition) is 3. The second-order valence-electron chi connectivity index (χ2n) is 8.05. The molecule has 1 aromatic heterocycles. The summed E-state index contributed by atoms with van der Waals surface area (Å²) in [7, 11) is 0. The number of hydrazone groups is 1. The highest BCUT2D eigenvalue weighted by molar-refractivity contribution is 9.10. The molecule has 3 amide bonds. The van der Waals surface area contributed by atoms with Crippen molar-refractivity contribution < 1.29 is 23.7 Å². The number of halogens is 2. The van der Waals surface area contributed by atoms with Gasteiger partial charge in [-0.05, 0) is 56.2 Å². The number of hydrogen-bond acceptors (Lipinski definition) is 7. The molecule has 1 aliphatic carbocycles. The first-order chi connectivity index (χ1) is 17.7. The summed E-state index contributed by atoms with van der Waals surface area (Å²) in [6, 6.07) is 10.3. The number of fused-ring (bicyclic) bond motifs is 1. The lowest BCUT2D eigenvalue weighted by Crippen LogP contribution is -2.41. The number of nitro groups is 1. The lowest BCUT2D eigenvalue weighted by atomic mass is 9.93. The third-order valence-electron chi connectivity index (χ3n) is 5.63. The molecule has 0 atom stereocenters. The molecular formula is C24H19BrClN5O6. The quantitative estimate of drug-likeness (QED) is 0.295. The minimum atomic E-state index is -0.679. The predicted octanol–water partition coefficient (Wildman–Crippen LogP) is 4.46. The third kappa shape index (κ3) is 5.70. The van der Waals surface area contributed by atoms with Crippen LogP contribution in [0.15, 0.2) is 56.5 Å². The van der Waals surface area contributed by atoms with Crippen LogP contribution in [0.1, 0.15) is 61.0 Å². The van der Waals surface area contributed by atoms with Crippen LogP contribution in [0.2, 0.25) is 5.02 Å². The van der Waals surface area contributed by atoms with Crippen molar-refractivity contribution in [1.29, 1.82) is 0 Å². The number of carbonyl (C=O) groups is 3. The van der Waals surface area contributed by atoms with Gasteiger partial charge in [0.2, 0.25) is 0 Å². The minimum Gasteiger partial charge on any atom is -0.455 e. The fraction of sp³-hybridized carbons (Fsp3) is 0.167. The second kappa shape index (κ2) is 10.9. The maximum Gasteiger partial charge on any atom is 0.305 e. The molecular weight excluding hydrogens is 570 g/mol. The predicted molar refractivity (Wildman–Crippen MR) is 138 cm³/mol. The number of rotatable bonds is 5. The molecule has 0 saturated carbocycles. The van der Waals surface area contributed by atoms with Crippen molar-refractivity contribution >= 4 is 56.7 Å². The topological polar surface area (TPSA) is 156 Å². The van der Waals surface area contributed by atoms with Gasteiger partial charge in [0.05, 0.1) is 10.6 Å². The van der Waals surface area contributed by atoms with Crippen LogP contribution in [-0.4, -0.2) is 28.4 Å². The Hall–Kier alpha value is -4.03. The summed E-state index contributed by atoms with van der Waals surface area (Å²) < 4.78 is 6.59. The molecule has 13 heteroatoms. The normalized spacial score (nSPS) is 13.5. The molecule has 4 rings (SSSR count). The smallest absolute Gasteiger partial charge is 0.305 e. The molecule has 2 aromatic carbocycles. The maximum absolute atomic E-state index is 12.7. The highest BCUT2D eigenvalue weighted by atomic mass is 79.9. The Balaban J connectivity index is 1.49. The molecule has 0 radical (unpaired) electrons. The molecule has 3 aromatic rings. The number of benzene rings is 2. The van der Waals surface area contributed by atoms with Crippen LogP contribution >= 0.6 is 27.5 Å². The minimum absolute atomic E-state index is 0.00959. The second-order valence-corrected chi connectivity index (χ2v) is 9.37. The summed E-state index contributed by atoms with van der Waals surface area (Å²) in [4.78, 5) is 48.0. The monoisotopic (exact) mass is 587 g/mol. The van der Waals surface area contributed by atoms with E-state index >= 15 is 0 Å². The molecule has 0 saturated heterocycles. The Morgan fingerprint density at radius 2 is 1.70 bits per heavy atom. The van der Waals surface area contributed by atoms with Crippen LogP contribution in [0.5, 0.6) is 0 Å². The molecule has 0 fully saturated rings. The molecule has 0 aliphatic heterocycles. The zero-order valence-corrected chi connectivity index (χ0v) is 21.6. The Labute approximate surface area is 223 Å². The van der Waals surface area contributed by atoms with E-state index in [1.807, 2.05) is 0 Å². The summed E-state index contributed by atoms with van der Waals surface area (Å²) in [5.41, 5.74) is 8.68. The van der Waals surface area contributed by atoms with Crippen molar-refractivity contribution in [2.75, 3.05) is 0 Å². The Kier molecular flexibility index (Phi) is 7.69. The number of nitro benzene ring substituents is 1. The molecule has 11 nitrogen and oxygen atoms in total. The standard InChI is InChI=1S/C24H19BrClN5O6/c1-12-20-17(27-28-23(33)14-7-10-16(26)18(11-14)31(35)36)3-2-4-19(20)37-21(12)24(34)30-29-22(32)13-5-8-15(25)9-6-13/h5-11H,2-4H2,1H3,(H,28,33)(H,29,32)(H,30,34)/b27-17+. The Morgan fingerprint density at radius 1 is 1.03 bits per heavy atom. The van der Waals surface area contributed by atoms with Crippen molar-refractivity contribution in [1.82, 2.24) is 16.3 Å². The van der Waals surface area contributed by atoms with Crippen molar-refractivity contribution in [3.8, 4) is 0 Å². The number of furan rings is 1. The summed E-state index contributed by atoms with van der Waals surface area (Å²) in [5, 5.41) is 15.2. The van der Waals surface area contributed by atoms with Crippen molar-refractivity contribution in [3.63, 3.8) is 0 Å². The van der Waals surface area contributed by atoms with Gasteiger partial charge in [-0.1, -0.05) is 27.5 Å². The fourth-order valence-corrected chi connectivity index (χ4v) is 4.27. The van der Waals surface area contributed by atoms with E-state index in [-0.39, 0.29) is 16.3 Å². The van der Waals surface area contributed by atoms with Gasteiger partial charge < -0.3 is 4.42 Å². The molecule has 0 unspecified atom stereocenters. The molecule has 1 heterocycles. The number of nitrogens with zero attached hydrogens (tertiary/aromatic N) is 2. The molecule has 0 spiro atoms. The number of carbonyl (C=O) groups excluding carboxylic acids is 3. The van der Waals surface area contributed by atoms with Gasteiger partial charge in [0.25, 0.3) is 17.5 Å². The van der Waals surface area contributed by atoms with Crippen molar-refractivity contribution in [2.24, 2.45) is 5.10 Å². The summed E-state index contributed by atoms with van der Waals surface area (Å²) >= 11 is 9.10. The van der Waals surface area contributed by atoms with Crippen LogP contribution in [0, 0.1) is 17.0 Å². The van der Waals surface area contributed by atoms with Gasteiger partial charge in [-0.2, -0.15) is 5.10 Å². The van der Waals surface area contributed by atoms with Crippen molar-refractivity contribution in [3.05, 3.63) is 95.8 Å². The first-order valence-corrected chi connectivity index (χ1v) is 12.1. The molecule has 0 bridgehead atoms. The highest BCUT2D eigenvalue weighted by Crippen LogP contribution is 2.30. The average molecular weight is 589 g/mol. The molecule has 1 aliphatic rings. The lowest BCUT2D eigenvalue weighted by molar-refractivity contribution is -0.384. The zero-order chi connectivity index (χ0) is 26.7. The zero-order valence-electron chi connectivity index (χ0n) is 19.3. The van der Waals surface area contributed by atoms with E-state index < -0.39 is 28.3 Å². The van der Waals surface area contributed by atoms with Crippen LogP contribution in [-0.2, 0) is 6.42 Å². The fourth-order valence-electron chi connectivity index (χ4n) is 3.82. The third-order valence-corrected chi connectivity index (χ3v) is 6.47. The first kappa shape index (κ1) is 26.0. The van der Waals surface area contributed by atoms with E-state index in [2.05, 4.69) is 37.3 Å². The van der Waals surface area contributed by atoms with E-state index in [9.17, 15) is 24.5 Å². The van der Waals surface area contributed by atoms with Crippen LogP contribution in [0.3, 0.4) is 0 Å². The summed E-state index contributed by atoms with van der Waals surface area (Å²) in [6.07, 6.45) is 1.74. The van der Waals surface area contributed by atoms with Crippen LogP contribution < -0.4 is 16.3 Å². The molecule has 190 valence electrons. The average Bonchev–Trinajstić information content (AvgIpc) is 3.23. The number of nitrogens with one attached hydrogen (secondary N) is 3. The van der Waals surface area contributed by atoms with Gasteiger partial charge >= 0.3 is 5.91 Å². The number of aryl methyl sites for hydroxylation is 1. The van der Waals surface area contributed by atoms with Gasteiger partial charge in [-0.25, -0.2) is 5.43 Å². The van der Waals surface area contributed by atoms with Crippen molar-refractivity contribution in [2.45, 2.75) is 26.2 Å². The maximum atomic E-state index is 12.7. The van der Waals surface area contributed by atoms with E-state index in [0.29, 0.717) is 47.4 Å². The van der Waals surface area contributed by atoms with Gasteiger partial charge in [0, 0.05) is 39.2 Å². The molecule has 3 N–H and O–H groups in total. The Morgan fingerprint density at radius 3 is 2.41 bits per heavy atom. The summed E-state index contributed by atoms with van der Waals surface area (Å²) in [6.45, 7) is 1.68. The SMILES string of the molecule is Cc1c(C(=O)NNC(=O)c2ccc(Br)cc2)oc2c1/C(=N/NC(=O)c1ccc(Cl)c([N+](=O)[O-])c1)CCC2. The van der Waals surface area contributed by atoms with Gasteiger partial charge in [-0.15, -0.1) is 0 Å². The van der Waals surface area contributed by atoms with E-state index in [4.69, 9.17) is 16.0 Å². The van der Waals surface area contributed by atoms with Crippen LogP contribution in [0.25, 0.3) is 0 Å². The van der Waals surface area contributed by atoms with E-state index in [1.54, 1.807) is 31.2 Å². The van der Waals surface area contributed by atoms with Gasteiger partial charge in [-0.3, -0.25) is 35.3 Å². The van der Waals surface area contributed by atoms with Crippen LogP contribution in [0.4, 0.5) is 5.69 Å². The van der Waals surface area contributed by atoms with E-state index in [0.717, 1.165) is 10.5 Å².